The van der Waals surface area contributed by atoms with E-state index in [0.717, 1.165) is 0 Å². The van der Waals surface area contributed by atoms with Crippen molar-refractivity contribution >= 4 is 5.97 Å². The van der Waals surface area contributed by atoms with Gasteiger partial charge in [0.2, 0.25) is 0 Å². The van der Waals surface area contributed by atoms with Crippen LogP contribution in [0.1, 0.15) is 6.92 Å². The van der Waals surface area contributed by atoms with Gasteiger partial charge < -0.3 is 4.74 Å². The summed E-state index contributed by atoms with van der Waals surface area (Å²) >= 11 is 0. The van der Waals surface area contributed by atoms with Gasteiger partial charge in [0.15, 0.2) is 0 Å². The molecule has 0 saturated carbocycles. The summed E-state index contributed by atoms with van der Waals surface area (Å²) in [6, 6.07) is 0. The van der Waals surface area contributed by atoms with Crippen molar-refractivity contribution in [1.29, 1.82) is 0 Å². The Morgan fingerprint density at radius 3 is 2.78 bits per heavy atom. The highest BCUT2D eigenvalue weighted by Gasteiger charge is 2.30. The summed E-state index contributed by atoms with van der Waals surface area (Å²) in [6.07, 6.45) is 1.77. The minimum absolute atomic E-state index is 0.0162. The SMILES string of the molecule is C=C[C@H]1COC(=O)[C@@H]1C. The van der Waals surface area contributed by atoms with Gasteiger partial charge >= 0.3 is 5.97 Å². The van der Waals surface area contributed by atoms with E-state index in [0.29, 0.717) is 6.61 Å². The van der Waals surface area contributed by atoms with Crippen LogP contribution in [0.15, 0.2) is 12.7 Å². The van der Waals surface area contributed by atoms with Crippen LogP contribution in [0, 0.1) is 11.8 Å². The summed E-state index contributed by atoms with van der Waals surface area (Å²) in [5.41, 5.74) is 0. The van der Waals surface area contributed by atoms with E-state index >= 15 is 0 Å². The number of esters is 1. The molecule has 9 heavy (non-hydrogen) atoms. The van der Waals surface area contributed by atoms with Crippen molar-refractivity contribution in [2.24, 2.45) is 11.8 Å². The van der Waals surface area contributed by atoms with Gasteiger partial charge in [0, 0.05) is 5.92 Å². The first-order chi connectivity index (χ1) is 4.25. The molecule has 0 N–H and O–H groups in total. The van der Waals surface area contributed by atoms with E-state index in [1.807, 2.05) is 6.92 Å². The van der Waals surface area contributed by atoms with Gasteiger partial charge in [-0.05, 0) is 0 Å². The summed E-state index contributed by atoms with van der Waals surface area (Å²) in [7, 11) is 0. The highest BCUT2D eigenvalue weighted by atomic mass is 16.5. The van der Waals surface area contributed by atoms with E-state index in [4.69, 9.17) is 4.74 Å². The summed E-state index contributed by atoms with van der Waals surface area (Å²) in [6.45, 7) is 5.98. The van der Waals surface area contributed by atoms with Crippen LogP contribution in [-0.2, 0) is 9.53 Å². The number of hydrogen-bond donors (Lipinski definition) is 0. The number of carbonyl (C=O) groups excluding carboxylic acids is 1. The number of ether oxygens (including phenoxy) is 1. The first-order valence-corrected chi connectivity index (χ1v) is 3.05. The zero-order valence-electron chi connectivity index (χ0n) is 5.46. The van der Waals surface area contributed by atoms with Crippen LogP contribution in [0.4, 0.5) is 0 Å². The zero-order valence-corrected chi connectivity index (χ0v) is 5.46. The van der Waals surface area contributed by atoms with Gasteiger partial charge in [-0.2, -0.15) is 0 Å². The molecule has 1 aliphatic heterocycles. The second-order valence-electron chi connectivity index (χ2n) is 2.32. The van der Waals surface area contributed by atoms with Crippen LogP contribution in [0.5, 0.6) is 0 Å². The predicted octanol–water partition coefficient (Wildman–Crippen LogP) is 0.982. The topological polar surface area (TPSA) is 26.3 Å². The van der Waals surface area contributed by atoms with Crippen molar-refractivity contribution in [1.82, 2.24) is 0 Å². The van der Waals surface area contributed by atoms with Crippen molar-refractivity contribution in [2.45, 2.75) is 6.92 Å². The molecule has 0 spiro atoms. The van der Waals surface area contributed by atoms with Gasteiger partial charge in [-0.1, -0.05) is 13.0 Å². The molecule has 1 fully saturated rings. The van der Waals surface area contributed by atoms with Crippen LogP contribution < -0.4 is 0 Å². The molecule has 2 heteroatoms. The van der Waals surface area contributed by atoms with Crippen molar-refractivity contribution in [3.05, 3.63) is 12.7 Å². The molecule has 50 valence electrons. The summed E-state index contributed by atoms with van der Waals surface area (Å²) < 4.78 is 4.76. The fraction of sp³-hybridized carbons (Fsp3) is 0.571. The van der Waals surface area contributed by atoms with Gasteiger partial charge in [0.1, 0.15) is 0 Å². The second kappa shape index (κ2) is 2.21. The zero-order chi connectivity index (χ0) is 6.85. The van der Waals surface area contributed by atoms with E-state index in [-0.39, 0.29) is 17.8 Å². The lowest BCUT2D eigenvalue weighted by atomic mass is 9.98. The number of rotatable bonds is 1. The second-order valence-corrected chi connectivity index (χ2v) is 2.32. The van der Waals surface area contributed by atoms with E-state index < -0.39 is 0 Å². The van der Waals surface area contributed by atoms with Crippen LogP contribution in [-0.4, -0.2) is 12.6 Å². The van der Waals surface area contributed by atoms with E-state index in [2.05, 4.69) is 6.58 Å². The Hall–Kier alpha value is -0.790. The fourth-order valence-electron chi connectivity index (χ4n) is 0.901. The molecule has 0 aromatic rings. The van der Waals surface area contributed by atoms with Crippen LogP contribution in [0.2, 0.25) is 0 Å². The summed E-state index contributed by atoms with van der Waals surface area (Å²) in [4.78, 5) is 10.7. The average Bonchev–Trinajstić information content (AvgIpc) is 2.15. The van der Waals surface area contributed by atoms with Crippen LogP contribution in [0.3, 0.4) is 0 Å². The molecule has 2 atom stereocenters. The molecular formula is C7H10O2. The first kappa shape index (κ1) is 6.33. The maximum absolute atomic E-state index is 10.7. The first-order valence-electron chi connectivity index (χ1n) is 3.05. The molecule has 1 heterocycles. The molecule has 1 saturated heterocycles. The Labute approximate surface area is 54.5 Å². The number of cyclic esters (lactones) is 1. The average molecular weight is 126 g/mol. The molecular weight excluding hydrogens is 116 g/mol. The highest BCUT2D eigenvalue weighted by Crippen LogP contribution is 2.21. The van der Waals surface area contributed by atoms with E-state index in [9.17, 15) is 4.79 Å². The molecule has 0 unspecified atom stereocenters. The summed E-state index contributed by atoms with van der Waals surface area (Å²) in [5.74, 6) is 0.153. The largest absolute Gasteiger partial charge is 0.465 e. The smallest absolute Gasteiger partial charge is 0.309 e. The Morgan fingerprint density at radius 2 is 2.56 bits per heavy atom. The van der Waals surface area contributed by atoms with Crippen molar-refractivity contribution < 1.29 is 9.53 Å². The van der Waals surface area contributed by atoms with Gasteiger partial charge in [0.05, 0.1) is 12.5 Å². The Balaban J connectivity index is 2.61. The molecule has 1 rings (SSSR count). The van der Waals surface area contributed by atoms with Crippen molar-refractivity contribution in [2.75, 3.05) is 6.61 Å². The number of carbonyl (C=O) groups is 1. The lowest BCUT2D eigenvalue weighted by Gasteiger charge is -2.00. The van der Waals surface area contributed by atoms with E-state index in [1.54, 1.807) is 6.08 Å². The standard InChI is InChI=1S/C7H10O2/c1-3-6-4-9-7(8)5(6)2/h3,5-6H,1,4H2,2H3/t5-,6+/m1/s1. The molecule has 0 aromatic carbocycles. The monoisotopic (exact) mass is 126 g/mol. The quantitative estimate of drug-likeness (QED) is 0.386. The lowest BCUT2D eigenvalue weighted by Crippen LogP contribution is -2.08. The Bertz CT molecular complexity index is 140. The normalized spacial score (nSPS) is 34.1. The van der Waals surface area contributed by atoms with E-state index in [1.165, 1.54) is 0 Å². The van der Waals surface area contributed by atoms with Crippen LogP contribution in [0.25, 0.3) is 0 Å². The minimum atomic E-state index is -0.0973. The molecule has 2 nitrogen and oxygen atoms in total. The number of hydrogen-bond acceptors (Lipinski definition) is 2. The van der Waals surface area contributed by atoms with Crippen molar-refractivity contribution in [3.8, 4) is 0 Å². The molecule has 0 aromatic heterocycles. The molecule has 1 aliphatic rings. The minimum Gasteiger partial charge on any atom is -0.465 e. The highest BCUT2D eigenvalue weighted by molar-refractivity contribution is 5.74. The third-order valence-corrected chi connectivity index (χ3v) is 1.73. The lowest BCUT2D eigenvalue weighted by molar-refractivity contribution is -0.140. The molecule has 0 radical (unpaired) electrons. The van der Waals surface area contributed by atoms with Gasteiger partial charge in [0.25, 0.3) is 0 Å². The Morgan fingerprint density at radius 1 is 1.89 bits per heavy atom. The van der Waals surface area contributed by atoms with Crippen molar-refractivity contribution in [3.63, 3.8) is 0 Å². The molecule has 0 aliphatic carbocycles. The maximum Gasteiger partial charge on any atom is 0.309 e. The maximum atomic E-state index is 10.7. The van der Waals surface area contributed by atoms with Gasteiger partial charge in [-0.15, -0.1) is 6.58 Å². The fourth-order valence-corrected chi connectivity index (χ4v) is 0.901. The molecule has 0 bridgehead atoms. The van der Waals surface area contributed by atoms with Crippen LogP contribution >= 0.6 is 0 Å². The predicted molar refractivity (Wildman–Crippen MR) is 33.8 cm³/mol. The van der Waals surface area contributed by atoms with Gasteiger partial charge in [-0.25, -0.2) is 0 Å². The Kier molecular flexibility index (Phi) is 1.56. The summed E-state index contributed by atoms with van der Waals surface area (Å²) in [5, 5.41) is 0. The molecule has 0 amide bonds. The van der Waals surface area contributed by atoms with Gasteiger partial charge in [-0.3, -0.25) is 4.79 Å². The third-order valence-electron chi connectivity index (χ3n) is 1.73. The third kappa shape index (κ3) is 0.969.